The molecule has 4 aliphatic rings. The molecule has 1 aromatic heterocycles. The molecule has 1 saturated heterocycles. The Kier molecular flexibility index (Phi) is 6.13. The predicted octanol–water partition coefficient (Wildman–Crippen LogP) is -0.847. The number of amides is 2. The first kappa shape index (κ1) is 25.1. The van der Waals surface area contributed by atoms with Crippen LogP contribution in [0, 0.1) is 6.92 Å². The number of fused-ring (bicyclic) bond motifs is 1. The van der Waals surface area contributed by atoms with E-state index in [2.05, 4.69) is 37.0 Å². The van der Waals surface area contributed by atoms with Gasteiger partial charge in [0.15, 0.2) is 17.6 Å². The molecule has 6 rings (SSSR count). The van der Waals surface area contributed by atoms with Gasteiger partial charge in [-0.2, -0.15) is 0 Å². The van der Waals surface area contributed by atoms with Gasteiger partial charge >= 0.3 is 0 Å². The Morgan fingerprint density at radius 2 is 2.00 bits per heavy atom. The quantitative estimate of drug-likeness (QED) is 0.288. The summed E-state index contributed by atoms with van der Waals surface area (Å²) in [7, 11) is 0. The number of hydrogen-bond donors (Lipinski definition) is 6. The average Bonchev–Trinajstić information content (AvgIpc) is 3.43. The van der Waals surface area contributed by atoms with Gasteiger partial charge in [-0.15, -0.1) is 0 Å². The number of nitrogens with two attached hydrogens (primary N) is 2. The summed E-state index contributed by atoms with van der Waals surface area (Å²) in [5.41, 5.74) is 15.4. The van der Waals surface area contributed by atoms with E-state index in [1.165, 1.54) is 5.56 Å². The van der Waals surface area contributed by atoms with E-state index >= 15 is 0 Å². The van der Waals surface area contributed by atoms with Crippen LogP contribution in [0.1, 0.15) is 50.4 Å². The van der Waals surface area contributed by atoms with Crippen molar-refractivity contribution in [2.45, 2.75) is 62.5 Å². The molecule has 0 saturated carbocycles. The van der Waals surface area contributed by atoms with Crippen LogP contribution in [0.2, 0.25) is 0 Å². The number of aliphatic imine (C=N–C) groups is 2. The first-order valence-corrected chi connectivity index (χ1v) is 13.3. The Morgan fingerprint density at radius 1 is 1.18 bits per heavy atom. The number of benzene rings is 1. The maximum absolute atomic E-state index is 13.4. The fourth-order valence-electron chi connectivity index (χ4n) is 6.39. The zero-order valence-electron chi connectivity index (χ0n) is 21.7. The molecule has 3 aliphatic heterocycles. The Bertz CT molecular complexity index is 1390. The van der Waals surface area contributed by atoms with Crippen LogP contribution in [0.5, 0.6) is 0 Å². The van der Waals surface area contributed by atoms with Crippen LogP contribution in [-0.4, -0.2) is 81.7 Å². The maximum atomic E-state index is 13.4. The summed E-state index contributed by atoms with van der Waals surface area (Å²) < 4.78 is 0. The minimum atomic E-state index is -1.21. The molecule has 12 heteroatoms. The van der Waals surface area contributed by atoms with Crippen LogP contribution in [0.4, 0.5) is 0 Å². The number of nitrogens with zero attached hydrogens (tertiary/aromatic N) is 4. The molecule has 3 unspecified atom stereocenters. The zero-order valence-corrected chi connectivity index (χ0v) is 21.7. The second-order valence-electron chi connectivity index (χ2n) is 10.7. The van der Waals surface area contributed by atoms with Gasteiger partial charge in [-0.05, 0) is 67.5 Å². The second-order valence-corrected chi connectivity index (χ2v) is 10.7. The van der Waals surface area contributed by atoms with E-state index in [1.54, 1.807) is 17.2 Å². The molecule has 1 fully saturated rings. The summed E-state index contributed by atoms with van der Waals surface area (Å²) >= 11 is 0. The van der Waals surface area contributed by atoms with Crippen LogP contribution >= 0.6 is 0 Å². The van der Waals surface area contributed by atoms with E-state index in [0.29, 0.717) is 11.3 Å². The molecule has 2 aromatic rings. The van der Waals surface area contributed by atoms with Gasteiger partial charge in [0.05, 0.1) is 12.1 Å². The summed E-state index contributed by atoms with van der Waals surface area (Å²) in [4.78, 5) is 41.2. The summed E-state index contributed by atoms with van der Waals surface area (Å²) in [6.45, 7) is 2.21. The number of nitrogens with one attached hydrogen (secondary N) is 3. The molecule has 0 bridgehead atoms. The monoisotopic (exact) mass is 531 g/mol. The summed E-state index contributed by atoms with van der Waals surface area (Å²) in [5.74, 6) is -0.281. The highest BCUT2D eigenvalue weighted by molar-refractivity contribution is 5.97. The van der Waals surface area contributed by atoms with E-state index in [0.717, 1.165) is 36.8 Å². The third kappa shape index (κ3) is 4.15. The van der Waals surface area contributed by atoms with E-state index < -0.39 is 29.9 Å². The van der Waals surface area contributed by atoms with Crippen LogP contribution < -0.4 is 27.4 Å². The highest BCUT2D eigenvalue weighted by Crippen LogP contribution is 2.40. The Morgan fingerprint density at radius 3 is 2.82 bits per heavy atom. The van der Waals surface area contributed by atoms with Crippen molar-refractivity contribution in [3.05, 3.63) is 64.5 Å². The highest BCUT2D eigenvalue weighted by Gasteiger charge is 2.65. The molecule has 1 aromatic carbocycles. The van der Waals surface area contributed by atoms with Crippen LogP contribution in [0.15, 0.2) is 46.5 Å². The molecule has 1 spiro atoms. The lowest BCUT2D eigenvalue weighted by atomic mass is 9.87. The smallest absolute Gasteiger partial charge is 0.269 e. The lowest BCUT2D eigenvalue weighted by molar-refractivity contribution is 0.0144. The predicted molar refractivity (Wildman–Crippen MR) is 145 cm³/mol. The lowest BCUT2D eigenvalue weighted by Crippen LogP contribution is -2.73. The molecule has 8 N–H and O–H groups in total. The first-order chi connectivity index (χ1) is 18.8. The van der Waals surface area contributed by atoms with E-state index in [4.69, 9.17) is 11.5 Å². The molecule has 5 atom stereocenters. The number of aromatic nitrogens is 1. The fourth-order valence-corrected chi connectivity index (χ4v) is 6.39. The normalized spacial score (nSPS) is 28.8. The number of guanidine groups is 2. The molecule has 1 aliphatic carbocycles. The first-order valence-electron chi connectivity index (χ1n) is 13.3. The molecule has 204 valence electrons. The van der Waals surface area contributed by atoms with Crippen molar-refractivity contribution in [2.75, 3.05) is 13.1 Å². The van der Waals surface area contributed by atoms with Crippen molar-refractivity contribution in [1.82, 2.24) is 25.8 Å². The van der Waals surface area contributed by atoms with Gasteiger partial charge in [0.25, 0.3) is 11.8 Å². The van der Waals surface area contributed by atoms with Crippen molar-refractivity contribution in [2.24, 2.45) is 21.5 Å². The average molecular weight is 532 g/mol. The number of hydrogen-bond acceptors (Lipinski definition) is 10. The van der Waals surface area contributed by atoms with Gasteiger partial charge in [-0.3, -0.25) is 14.6 Å². The Hall–Kier alpha value is -4.19. The number of rotatable bonds is 5. The molecular formula is C27H33N9O3. The van der Waals surface area contributed by atoms with E-state index in [1.807, 2.05) is 25.1 Å². The molecule has 2 amide bonds. The lowest BCUT2D eigenvalue weighted by Gasteiger charge is -2.46. The minimum absolute atomic E-state index is 0.105. The topological polar surface area (TPSA) is 183 Å². The minimum Gasteiger partial charge on any atom is -0.386 e. The summed E-state index contributed by atoms with van der Waals surface area (Å²) in [6.07, 6.45) is 4.46. The van der Waals surface area contributed by atoms with E-state index in [9.17, 15) is 14.7 Å². The van der Waals surface area contributed by atoms with Gasteiger partial charge in [0.1, 0.15) is 17.8 Å². The van der Waals surface area contributed by atoms with Crippen molar-refractivity contribution < 1.29 is 14.7 Å². The van der Waals surface area contributed by atoms with Crippen LogP contribution in [-0.2, 0) is 12.8 Å². The van der Waals surface area contributed by atoms with Crippen molar-refractivity contribution in [1.29, 1.82) is 0 Å². The van der Waals surface area contributed by atoms with E-state index in [-0.39, 0.29) is 36.8 Å². The van der Waals surface area contributed by atoms with Gasteiger partial charge < -0.3 is 37.4 Å². The number of pyridine rings is 1. The molecule has 39 heavy (non-hydrogen) atoms. The van der Waals surface area contributed by atoms with Gasteiger partial charge in [-0.1, -0.05) is 12.1 Å². The maximum Gasteiger partial charge on any atom is 0.269 e. The standard InChI is InChI=1S/C27H33N9O3/c1-14-9-10-30-18(11-14)24(39)31-12-19-21-27(35-25(28)34-21)22(37)20(13-36(27)26(29)33-19)32-23(38)17-8-4-6-15-5-2-3-7-16(15)17/h4,6,8-11,19-22,37H,2-3,5,7,12-13H2,1H3,(H2,29,33)(H,31,39)(H,32,38)(H3,28,34,35)/t19-,20?,21?,22+,27?/m0/s1. The van der Waals surface area contributed by atoms with Gasteiger partial charge in [0, 0.05) is 24.8 Å². The summed E-state index contributed by atoms with van der Waals surface area (Å²) in [6, 6.07) is 7.41. The number of aryl methyl sites for hydroxylation is 2. The highest BCUT2D eigenvalue weighted by atomic mass is 16.3. The largest absolute Gasteiger partial charge is 0.386 e. The van der Waals surface area contributed by atoms with Crippen molar-refractivity contribution in [3.63, 3.8) is 0 Å². The van der Waals surface area contributed by atoms with Gasteiger partial charge in [-0.25, -0.2) is 9.98 Å². The third-order valence-corrected chi connectivity index (χ3v) is 8.23. The SMILES string of the molecule is Cc1ccnc(C(=O)NC[C@@H]2N=C(N)N3CC(NC(=O)c4cccc5c4CCCC5)[C@@H](O)C34NC(N)=NC24)c1. The molecule has 4 heterocycles. The number of aliphatic hydroxyl groups is 1. The molecular weight excluding hydrogens is 498 g/mol. The fraction of sp³-hybridized carbons (Fsp3) is 0.444. The second kappa shape index (κ2) is 9.53. The van der Waals surface area contributed by atoms with Crippen molar-refractivity contribution >= 4 is 23.7 Å². The zero-order chi connectivity index (χ0) is 27.3. The number of carbonyl (C=O) groups excluding carboxylic acids is 2. The van der Waals surface area contributed by atoms with Gasteiger partial charge in [0.2, 0.25) is 0 Å². The third-order valence-electron chi connectivity index (χ3n) is 8.23. The molecule has 0 radical (unpaired) electrons. The number of carbonyl (C=O) groups is 2. The Balaban J connectivity index is 1.22. The van der Waals surface area contributed by atoms with Crippen molar-refractivity contribution in [3.8, 4) is 0 Å². The Labute approximate surface area is 226 Å². The van der Waals surface area contributed by atoms with Crippen LogP contribution in [0.3, 0.4) is 0 Å². The number of aliphatic hydroxyl groups excluding tert-OH is 1. The summed E-state index contributed by atoms with van der Waals surface area (Å²) in [5, 5.41) is 20.7. The van der Waals surface area contributed by atoms with Crippen LogP contribution in [0.25, 0.3) is 0 Å². The molecule has 12 nitrogen and oxygen atoms in total.